The Bertz CT molecular complexity index is 564. The predicted molar refractivity (Wildman–Crippen MR) is 90.5 cm³/mol. The fourth-order valence-electron chi connectivity index (χ4n) is 2.10. The minimum atomic E-state index is 0.701. The molecular weight excluding hydrogens is 260 g/mol. The largest absolute Gasteiger partial charge is 0.494 e. The first-order valence-electron chi connectivity index (χ1n) is 7.47. The third kappa shape index (κ3) is 4.71. The Balaban J connectivity index is 1.75. The van der Waals surface area contributed by atoms with Crippen LogP contribution in [0.4, 0.5) is 11.4 Å². The molecule has 0 unspecified atom stereocenters. The fraction of sp³-hybridized carbons (Fsp3) is 0.333. The van der Waals surface area contributed by atoms with E-state index in [0.717, 1.165) is 24.5 Å². The van der Waals surface area contributed by atoms with Crippen LogP contribution in [0.15, 0.2) is 42.5 Å². The smallest absolute Gasteiger partial charge is 0.119 e. The zero-order chi connectivity index (χ0) is 15.1. The minimum absolute atomic E-state index is 0.701. The molecule has 3 nitrogen and oxygen atoms in total. The molecule has 0 amide bonds. The van der Waals surface area contributed by atoms with Crippen LogP contribution in [0.3, 0.4) is 0 Å². The molecule has 0 aliphatic rings. The number of nitrogens with one attached hydrogen (secondary N) is 2. The summed E-state index contributed by atoms with van der Waals surface area (Å²) in [5, 5.41) is 6.82. The van der Waals surface area contributed by atoms with E-state index in [1.54, 1.807) is 0 Å². The van der Waals surface area contributed by atoms with Crippen LogP contribution in [-0.4, -0.2) is 19.7 Å². The van der Waals surface area contributed by atoms with Crippen molar-refractivity contribution in [3.05, 3.63) is 53.6 Å². The van der Waals surface area contributed by atoms with Gasteiger partial charge in [-0.3, -0.25) is 0 Å². The quantitative estimate of drug-likeness (QED) is 0.747. The lowest BCUT2D eigenvalue weighted by atomic mass is 10.1. The number of hydrogen-bond donors (Lipinski definition) is 2. The van der Waals surface area contributed by atoms with Gasteiger partial charge in [0.2, 0.25) is 0 Å². The Kier molecular flexibility index (Phi) is 5.50. The molecule has 0 aliphatic heterocycles. The van der Waals surface area contributed by atoms with Crippen molar-refractivity contribution in [2.24, 2.45) is 0 Å². The van der Waals surface area contributed by atoms with Gasteiger partial charge in [0.1, 0.15) is 5.75 Å². The minimum Gasteiger partial charge on any atom is -0.494 e. The maximum Gasteiger partial charge on any atom is 0.119 e. The van der Waals surface area contributed by atoms with Gasteiger partial charge in [0.25, 0.3) is 0 Å². The van der Waals surface area contributed by atoms with Crippen LogP contribution >= 0.6 is 0 Å². The first-order chi connectivity index (χ1) is 10.2. The molecule has 2 N–H and O–H groups in total. The van der Waals surface area contributed by atoms with Gasteiger partial charge in [-0.2, -0.15) is 0 Å². The van der Waals surface area contributed by atoms with Crippen LogP contribution in [0.2, 0.25) is 0 Å². The van der Waals surface area contributed by atoms with Crippen LogP contribution in [0, 0.1) is 13.8 Å². The van der Waals surface area contributed by atoms with Crippen molar-refractivity contribution in [1.82, 2.24) is 0 Å². The Hall–Kier alpha value is -2.16. The summed E-state index contributed by atoms with van der Waals surface area (Å²) < 4.78 is 5.43. The van der Waals surface area contributed by atoms with E-state index in [-0.39, 0.29) is 0 Å². The number of aryl methyl sites for hydroxylation is 2. The topological polar surface area (TPSA) is 33.3 Å². The summed E-state index contributed by atoms with van der Waals surface area (Å²) in [5.74, 6) is 0.913. The van der Waals surface area contributed by atoms with E-state index in [1.807, 2.05) is 31.2 Å². The molecule has 0 radical (unpaired) electrons. The first kappa shape index (κ1) is 15.2. The first-order valence-corrected chi connectivity index (χ1v) is 7.47. The molecule has 112 valence electrons. The highest BCUT2D eigenvalue weighted by molar-refractivity contribution is 5.49. The van der Waals surface area contributed by atoms with Crippen molar-refractivity contribution in [3.63, 3.8) is 0 Å². The Morgan fingerprint density at radius 2 is 1.43 bits per heavy atom. The number of benzene rings is 2. The molecule has 2 rings (SSSR count). The standard InChI is InChI=1S/C18H24N2O/c1-4-21-18-9-7-16(8-10-18)19-11-12-20-17-6-5-14(2)15(3)13-17/h5-10,13,19-20H,4,11-12H2,1-3H3. The lowest BCUT2D eigenvalue weighted by Gasteiger charge is -2.11. The molecule has 21 heavy (non-hydrogen) atoms. The van der Waals surface area contributed by atoms with Crippen LogP contribution in [0.25, 0.3) is 0 Å². The molecular formula is C18H24N2O. The summed E-state index contributed by atoms with van der Waals surface area (Å²) in [7, 11) is 0. The van der Waals surface area contributed by atoms with E-state index in [0.29, 0.717) is 6.61 Å². The lowest BCUT2D eigenvalue weighted by molar-refractivity contribution is 0.340. The monoisotopic (exact) mass is 284 g/mol. The van der Waals surface area contributed by atoms with Crippen molar-refractivity contribution in [1.29, 1.82) is 0 Å². The van der Waals surface area contributed by atoms with E-state index in [1.165, 1.54) is 16.8 Å². The molecule has 2 aromatic rings. The van der Waals surface area contributed by atoms with E-state index >= 15 is 0 Å². The van der Waals surface area contributed by atoms with E-state index in [9.17, 15) is 0 Å². The van der Waals surface area contributed by atoms with Crippen molar-refractivity contribution < 1.29 is 4.74 Å². The summed E-state index contributed by atoms with van der Waals surface area (Å²) >= 11 is 0. The summed E-state index contributed by atoms with van der Waals surface area (Å²) in [5.41, 5.74) is 4.93. The maximum absolute atomic E-state index is 5.43. The van der Waals surface area contributed by atoms with Crippen molar-refractivity contribution in [2.45, 2.75) is 20.8 Å². The van der Waals surface area contributed by atoms with E-state index in [2.05, 4.69) is 42.7 Å². The SMILES string of the molecule is CCOc1ccc(NCCNc2ccc(C)c(C)c2)cc1. The lowest BCUT2D eigenvalue weighted by Crippen LogP contribution is -2.13. The second-order valence-corrected chi connectivity index (χ2v) is 5.11. The number of hydrogen-bond acceptors (Lipinski definition) is 3. The summed E-state index contributed by atoms with van der Waals surface area (Å²) in [6.45, 7) is 8.72. The van der Waals surface area contributed by atoms with Gasteiger partial charge in [-0.15, -0.1) is 0 Å². The predicted octanol–water partition coefficient (Wildman–Crippen LogP) is 4.23. The molecule has 2 aromatic carbocycles. The summed E-state index contributed by atoms with van der Waals surface area (Å²) in [6.07, 6.45) is 0. The van der Waals surface area contributed by atoms with Gasteiger partial charge in [-0.25, -0.2) is 0 Å². The van der Waals surface area contributed by atoms with Crippen molar-refractivity contribution in [2.75, 3.05) is 30.3 Å². The van der Waals surface area contributed by atoms with Crippen molar-refractivity contribution >= 4 is 11.4 Å². The van der Waals surface area contributed by atoms with Gasteiger partial charge in [0, 0.05) is 24.5 Å². The second kappa shape index (κ2) is 7.58. The second-order valence-electron chi connectivity index (χ2n) is 5.11. The average molecular weight is 284 g/mol. The molecule has 0 heterocycles. The molecule has 0 atom stereocenters. The number of anilines is 2. The molecule has 3 heteroatoms. The Morgan fingerprint density at radius 3 is 2.05 bits per heavy atom. The van der Waals surface area contributed by atoms with Gasteiger partial charge in [-0.1, -0.05) is 6.07 Å². The molecule has 0 fully saturated rings. The highest BCUT2D eigenvalue weighted by Gasteiger charge is 1.97. The van der Waals surface area contributed by atoms with E-state index in [4.69, 9.17) is 4.74 Å². The highest BCUT2D eigenvalue weighted by atomic mass is 16.5. The molecule has 0 spiro atoms. The molecule has 0 bridgehead atoms. The summed E-state index contributed by atoms with van der Waals surface area (Å²) in [6, 6.07) is 14.5. The Morgan fingerprint density at radius 1 is 0.810 bits per heavy atom. The highest BCUT2D eigenvalue weighted by Crippen LogP contribution is 2.16. The van der Waals surface area contributed by atoms with Crippen LogP contribution < -0.4 is 15.4 Å². The van der Waals surface area contributed by atoms with Gasteiger partial charge < -0.3 is 15.4 Å². The van der Waals surface area contributed by atoms with Gasteiger partial charge in [-0.05, 0) is 68.3 Å². The fourth-order valence-corrected chi connectivity index (χ4v) is 2.10. The number of rotatable bonds is 7. The molecule has 0 saturated heterocycles. The van der Waals surface area contributed by atoms with Gasteiger partial charge in [0.05, 0.1) is 6.61 Å². The van der Waals surface area contributed by atoms with Gasteiger partial charge >= 0.3 is 0 Å². The molecule has 0 aliphatic carbocycles. The summed E-state index contributed by atoms with van der Waals surface area (Å²) in [4.78, 5) is 0. The van der Waals surface area contributed by atoms with Crippen LogP contribution in [0.5, 0.6) is 5.75 Å². The normalized spacial score (nSPS) is 10.2. The van der Waals surface area contributed by atoms with E-state index < -0.39 is 0 Å². The number of ether oxygens (including phenoxy) is 1. The van der Waals surface area contributed by atoms with Gasteiger partial charge in [0.15, 0.2) is 0 Å². The zero-order valence-electron chi connectivity index (χ0n) is 13.1. The molecule has 0 aromatic heterocycles. The third-order valence-corrected chi connectivity index (χ3v) is 3.46. The molecule has 0 saturated carbocycles. The average Bonchev–Trinajstić information content (AvgIpc) is 2.49. The van der Waals surface area contributed by atoms with Crippen LogP contribution in [0.1, 0.15) is 18.1 Å². The Labute approximate surface area is 127 Å². The maximum atomic E-state index is 5.43. The zero-order valence-corrected chi connectivity index (χ0v) is 13.1. The van der Waals surface area contributed by atoms with Crippen molar-refractivity contribution in [3.8, 4) is 5.75 Å². The third-order valence-electron chi connectivity index (χ3n) is 3.46. The van der Waals surface area contributed by atoms with Crippen LogP contribution in [-0.2, 0) is 0 Å².